The number of H-pyrrole nitrogens is 1. The molecule has 41 heavy (non-hydrogen) atoms. The fourth-order valence-corrected chi connectivity index (χ4v) is 5.48. The minimum atomic E-state index is -0.577. The van der Waals surface area contributed by atoms with Crippen LogP contribution in [0.4, 0.5) is 0 Å². The van der Waals surface area contributed by atoms with E-state index in [4.69, 9.17) is 14.2 Å². The molecule has 0 spiro atoms. The van der Waals surface area contributed by atoms with Crippen LogP contribution in [0.15, 0.2) is 53.3 Å². The predicted molar refractivity (Wildman–Crippen MR) is 147 cm³/mol. The number of fused-ring (bicyclic) bond motifs is 8. The Bertz CT molecular complexity index is 1570. The SMILES string of the molecule is COc1ccc2cc1OCC(=O)NCc1ccc(cc1)O[C@H]1CN(C(=O)c3cc4c([nH]c3=O)CCC4)C[C@@H]1NC2=O. The molecule has 3 amide bonds. The average Bonchev–Trinajstić information content (AvgIpc) is 3.60. The Kier molecular flexibility index (Phi) is 7.08. The zero-order valence-corrected chi connectivity index (χ0v) is 22.5. The third kappa shape index (κ3) is 5.47. The summed E-state index contributed by atoms with van der Waals surface area (Å²) >= 11 is 0. The number of amides is 3. The average molecular weight is 559 g/mol. The zero-order valence-electron chi connectivity index (χ0n) is 22.5. The maximum atomic E-state index is 13.5. The fraction of sp³-hybridized carbons (Fsp3) is 0.333. The molecule has 0 unspecified atom stereocenters. The quantitative estimate of drug-likeness (QED) is 0.434. The third-order valence-electron chi connectivity index (χ3n) is 7.67. The molecule has 3 aromatic rings. The number of ether oxygens (including phenoxy) is 3. The Morgan fingerprint density at radius 2 is 1.85 bits per heavy atom. The second-order valence-electron chi connectivity index (χ2n) is 10.4. The van der Waals surface area contributed by atoms with Crippen LogP contribution in [-0.2, 0) is 24.2 Å². The Balaban J connectivity index is 1.30. The molecular formula is C30H30N4O7. The van der Waals surface area contributed by atoms with Crippen LogP contribution < -0.4 is 30.4 Å². The van der Waals surface area contributed by atoms with E-state index in [0.29, 0.717) is 18.0 Å². The first-order valence-electron chi connectivity index (χ1n) is 13.6. The van der Waals surface area contributed by atoms with Crippen molar-refractivity contribution in [2.45, 2.75) is 38.0 Å². The number of carbonyl (C=O) groups is 3. The number of rotatable bonds is 2. The summed E-state index contributed by atoms with van der Waals surface area (Å²) in [4.78, 5) is 56.5. The summed E-state index contributed by atoms with van der Waals surface area (Å²) in [6, 6.07) is 13.0. The van der Waals surface area contributed by atoms with Gasteiger partial charge in [0.25, 0.3) is 23.3 Å². The number of nitrogens with one attached hydrogen (secondary N) is 3. The summed E-state index contributed by atoms with van der Waals surface area (Å²) in [5.41, 5.74) is 2.72. The first kappa shape index (κ1) is 26.4. The summed E-state index contributed by atoms with van der Waals surface area (Å²) in [5.74, 6) is 0.0300. The van der Waals surface area contributed by atoms with Crippen molar-refractivity contribution in [1.29, 1.82) is 0 Å². The lowest BCUT2D eigenvalue weighted by Gasteiger charge is -2.21. The molecule has 2 aromatic carbocycles. The monoisotopic (exact) mass is 558 g/mol. The van der Waals surface area contributed by atoms with E-state index in [1.165, 1.54) is 13.2 Å². The topological polar surface area (TPSA) is 139 Å². The number of aromatic nitrogens is 1. The Morgan fingerprint density at radius 1 is 1.02 bits per heavy atom. The summed E-state index contributed by atoms with van der Waals surface area (Å²) in [7, 11) is 1.47. The lowest BCUT2D eigenvalue weighted by Crippen LogP contribution is -2.45. The molecule has 4 aliphatic rings. The summed E-state index contributed by atoms with van der Waals surface area (Å²) in [5, 5.41) is 5.79. The number of likely N-dealkylation sites (tertiary alicyclic amines) is 1. The van der Waals surface area contributed by atoms with E-state index in [9.17, 15) is 19.2 Å². The minimum Gasteiger partial charge on any atom is -0.493 e. The van der Waals surface area contributed by atoms with Gasteiger partial charge in [-0.1, -0.05) is 12.1 Å². The number of carbonyl (C=O) groups excluding carboxylic acids is 3. The molecule has 2 atom stereocenters. The van der Waals surface area contributed by atoms with Crippen LogP contribution in [0.25, 0.3) is 0 Å². The van der Waals surface area contributed by atoms with Crippen LogP contribution in [0.3, 0.4) is 0 Å². The number of benzene rings is 2. The first-order valence-corrected chi connectivity index (χ1v) is 13.6. The predicted octanol–water partition coefficient (Wildman–Crippen LogP) is 1.58. The Labute approximate surface area is 235 Å². The molecular weight excluding hydrogens is 528 g/mol. The molecule has 1 aliphatic carbocycles. The van der Waals surface area contributed by atoms with Crippen molar-refractivity contribution in [3.05, 3.63) is 86.8 Å². The first-order chi connectivity index (χ1) is 19.9. The molecule has 4 heterocycles. The van der Waals surface area contributed by atoms with E-state index in [2.05, 4.69) is 15.6 Å². The smallest absolute Gasteiger partial charge is 0.261 e. The van der Waals surface area contributed by atoms with Gasteiger partial charge in [0.05, 0.1) is 19.7 Å². The molecule has 1 aromatic heterocycles. The summed E-state index contributed by atoms with van der Waals surface area (Å²) in [6.07, 6.45) is 1.99. The van der Waals surface area contributed by atoms with Crippen molar-refractivity contribution < 1.29 is 28.6 Å². The number of nitrogens with zero attached hydrogens (tertiary/aromatic N) is 1. The van der Waals surface area contributed by atoms with E-state index in [1.54, 1.807) is 35.2 Å². The second-order valence-corrected chi connectivity index (χ2v) is 10.4. The second kappa shape index (κ2) is 11.0. The van der Waals surface area contributed by atoms with Crippen LogP contribution in [0.1, 0.15) is 44.0 Å². The van der Waals surface area contributed by atoms with Crippen molar-refractivity contribution in [3.63, 3.8) is 0 Å². The van der Waals surface area contributed by atoms with E-state index >= 15 is 0 Å². The van der Waals surface area contributed by atoms with Crippen molar-refractivity contribution in [2.75, 3.05) is 26.8 Å². The van der Waals surface area contributed by atoms with E-state index in [1.807, 2.05) is 12.1 Å². The van der Waals surface area contributed by atoms with E-state index in [-0.39, 0.29) is 42.5 Å². The number of methoxy groups -OCH3 is 1. The molecule has 0 saturated carbocycles. The largest absolute Gasteiger partial charge is 0.493 e. The lowest BCUT2D eigenvalue weighted by atomic mass is 10.1. The molecule has 11 nitrogen and oxygen atoms in total. The normalized spacial score (nSPS) is 20.2. The lowest BCUT2D eigenvalue weighted by molar-refractivity contribution is -0.123. The van der Waals surface area contributed by atoms with Crippen LogP contribution in [0.2, 0.25) is 0 Å². The Morgan fingerprint density at radius 3 is 2.66 bits per heavy atom. The van der Waals surface area contributed by atoms with Gasteiger partial charge in [-0.2, -0.15) is 0 Å². The highest BCUT2D eigenvalue weighted by Crippen LogP contribution is 2.29. The number of hydrogen-bond acceptors (Lipinski definition) is 7. The molecule has 11 heteroatoms. The standard InChI is InChI=1S/C30H30N4O7/c1-39-24-10-7-19-12-25(24)40-16-27(35)31-13-17-5-8-20(9-6-17)41-26-15-34(14-23(26)33-28(19)36)30(38)21-11-18-3-2-4-22(18)32-29(21)37/h5-12,23,26H,2-4,13-16H2,1H3,(H,31,35)(H,32,37)(H,33,36)/t23-,26-/m0/s1. The summed E-state index contributed by atoms with van der Waals surface area (Å²) in [6.45, 7) is 0.367. The van der Waals surface area contributed by atoms with E-state index in [0.717, 1.165) is 36.1 Å². The van der Waals surface area contributed by atoms with Crippen LogP contribution in [0.5, 0.6) is 17.2 Å². The van der Waals surface area contributed by atoms with Crippen molar-refractivity contribution in [2.24, 2.45) is 0 Å². The van der Waals surface area contributed by atoms with Gasteiger partial charge < -0.3 is 34.7 Å². The number of hydrogen-bond donors (Lipinski definition) is 3. The van der Waals surface area contributed by atoms with Gasteiger partial charge in [0.2, 0.25) is 0 Å². The van der Waals surface area contributed by atoms with Crippen LogP contribution in [-0.4, -0.2) is 66.6 Å². The van der Waals surface area contributed by atoms with Gasteiger partial charge in [0.15, 0.2) is 18.1 Å². The maximum absolute atomic E-state index is 13.5. The molecule has 4 bridgehead atoms. The molecule has 212 valence electrons. The molecule has 1 saturated heterocycles. The van der Waals surface area contributed by atoms with Gasteiger partial charge in [-0.05, 0) is 66.8 Å². The summed E-state index contributed by atoms with van der Waals surface area (Å²) < 4.78 is 17.3. The highest BCUT2D eigenvalue weighted by molar-refractivity contribution is 5.96. The van der Waals surface area contributed by atoms with Gasteiger partial charge in [-0.25, -0.2) is 0 Å². The van der Waals surface area contributed by atoms with Crippen molar-refractivity contribution >= 4 is 17.7 Å². The molecule has 1 fully saturated rings. The molecule has 7 rings (SSSR count). The Hall–Kier alpha value is -4.80. The highest BCUT2D eigenvalue weighted by Gasteiger charge is 2.39. The minimum absolute atomic E-state index is 0.0918. The number of aromatic amines is 1. The van der Waals surface area contributed by atoms with Crippen molar-refractivity contribution in [3.8, 4) is 17.2 Å². The van der Waals surface area contributed by atoms with Gasteiger partial charge in [-0.15, -0.1) is 0 Å². The van der Waals surface area contributed by atoms with Gasteiger partial charge in [0.1, 0.15) is 17.4 Å². The zero-order chi connectivity index (χ0) is 28.5. The highest BCUT2D eigenvalue weighted by atomic mass is 16.5. The third-order valence-corrected chi connectivity index (χ3v) is 7.67. The maximum Gasteiger partial charge on any atom is 0.261 e. The molecule has 3 N–H and O–H groups in total. The van der Waals surface area contributed by atoms with Gasteiger partial charge >= 0.3 is 0 Å². The van der Waals surface area contributed by atoms with Gasteiger partial charge in [-0.3, -0.25) is 19.2 Å². The fourth-order valence-electron chi connectivity index (χ4n) is 5.48. The van der Waals surface area contributed by atoms with Crippen LogP contribution >= 0.6 is 0 Å². The van der Waals surface area contributed by atoms with E-state index < -0.39 is 29.5 Å². The van der Waals surface area contributed by atoms with Crippen molar-refractivity contribution in [1.82, 2.24) is 20.5 Å². The molecule has 0 radical (unpaired) electrons. The molecule has 3 aliphatic heterocycles. The number of aryl methyl sites for hydroxylation is 2. The number of pyridine rings is 1. The van der Waals surface area contributed by atoms with Crippen LogP contribution in [0, 0.1) is 0 Å². The van der Waals surface area contributed by atoms with Gasteiger partial charge in [0, 0.05) is 24.3 Å².